The minimum absolute atomic E-state index is 0.660. The van der Waals surface area contributed by atoms with Crippen LogP contribution < -0.4 is 0 Å². The number of nitrogens with zero attached hydrogens (tertiary/aromatic N) is 1. The maximum absolute atomic E-state index is 10.9. The van der Waals surface area contributed by atoms with Crippen LogP contribution >= 0.6 is 11.8 Å². The van der Waals surface area contributed by atoms with Gasteiger partial charge in [0.2, 0.25) is 0 Å². The quantitative estimate of drug-likeness (QED) is 0.563. The Morgan fingerprint density at radius 2 is 2.00 bits per heavy atom. The van der Waals surface area contributed by atoms with Gasteiger partial charge in [-0.1, -0.05) is 44.2 Å². The highest BCUT2D eigenvalue weighted by molar-refractivity contribution is 7.98. The molecule has 0 unspecified atom stereocenters. The molecule has 0 saturated heterocycles. The molecule has 0 spiro atoms. The van der Waals surface area contributed by atoms with E-state index in [9.17, 15) is 4.79 Å². The second kappa shape index (κ2) is 8.39. The first-order chi connectivity index (χ1) is 12.2. The van der Waals surface area contributed by atoms with Gasteiger partial charge in [0.05, 0.1) is 11.4 Å². The van der Waals surface area contributed by atoms with Gasteiger partial charge in [-0.25, -0.2) is 4.79 Å². The van der Waals surface area contributed by atoms with Gasteiger partial charge in [-0.05, 0) is 42.4 Å². The molecule has 132 valence electrons. The van der Waals surface area contributed by atoms with E-state index in [1.165, 1.54) is 43.1 Å². The van der Waals surface area contributed by atoms with Gasteiger partial charge in [0.25, 0.3) is 0 Å². The smallest absolute Gasteiger partial charge is 0.328 e. The molecule has 1 aliphatic rings. The number of aromatic nitrogens is 2. The highest BCUT2D eigenvalue weighted by atomic mass is 32.2. The summed E-state index contributed by atoms with van der Waals surface area (Å²) in [6.45, 7) is 0. The third-order valence-electron chi connectivity index (χ3n) is 4.88. The summed E-state index contributed by atoms with van der Waals surface area (Å²) >= 11 is 1.72. The predicted octanol–water partition coefficient (Wildman–Crippen LogP) is 5.02. The zero-order valence-corrected chi connectivity index (χ0v) is 15.3. The van der Waals surface area contributed by atoms with Crippen LogP contribution in [0.5, 0.6) is 0 Å². The zero-order valence-electron chi connectivity index (χ0n) is 14.5. The molecule has 4 nitrogen and oxygen atoms in total. The Morgan fingerprint density at radius 1 is 1.28 bits per heavy atom. The highest BCUT2D eigenvalue weighted by Crippen LogP contribution is 2.33. The average Bonchev–Trinajstić information content (AvgIpc) is 3.03. The molecule has 0 bridgehead atoms. The largest absolute Gasteiger partial charge is 0.478 e. The van der Waals surface area contributed by atoms with Crippen LogP contribution in [0.15, 0.2) is 35.2 Å². The van der Waals surface area contributed by atoms with Crippen LogP contribution in [0.1, 0.15) is 43.4 Å². The molecule has 2 aromatic rings. The third-order valence-corrected chi connectivity index (χ3v) is 5.62. The molecule has 1 heterocycles. The van der Waals surface area contributed by atoms with Crippen LogP contribution in [-0.2, 0) is 11.2 Å². The van der Waals surface area contributed by atoms with E-state index in [-0.39, 0.29) is 0 Å². The Hall–Kier alpha value is -2.01. The molecule has 1 fully saturated rings. The number of carboxylic acid groups (broad SMARTS) is 1. The van der Waals surface area contributed by atoms with E-state index in [4.69, 9.17) is 5.11 Å². The molecular weight excluding hydrogens is 332 g/mol. The topological polar surface area (TPSA) is 66.0 Å². The van der Waals surface area contributed by atoms with Gasteiger partial charge in [0.15, 0.2) is 0 Å². The van der Waals surface area contributed by atoms with E-state index in [2.05, 4.69) is 40.7 Å². The number of nitrogens with one attached hydrogen (secondary N) is 1. The monoisotopic (exact) mass is 356 g/mol. The molecule has 0 atom stereocenters. The highest BCUT2D eigenvalue weighted by Gasteiger charge is 2.20. The molecular formula is C20H24N2O2S. The van der Waals surface area contributed by atoms with E-state index in [0.29, 0.717) is 5.92 Å². The molecule has 0 amide bonds. The lowest BCUT2D eigenvalue weighted by Crippen LogP contribution is -2.10. The number of hydrogen-bond acceptors (Lipinski definition) is 3. The van der Waals surface area contributed by atoms with Gasteiger partial charge in [0, 0.05) is 16.5 Å². The van der Waals surface area contributed by atoms with Crippen molar-refractivity contribution in [3.8, 4) is 11.3 Å². The normalized spacial score (nSPS) is 15.7. The second-order valence-corrected chi connectivity index (χ2v) is 7.45. The molecule has 0 radical (unpaired) electrons. The van der Waals surface area contributed by atoms with Crippen molar-refractivity contribution in [3.05, 3.63) is 41.6 Å². The number of H-pyrrole nitrogens is 1. The maximum Gasteiger partial charge on any atom is 0.328 e. The molecule has 2 N–H and O–H groups in total. The summed E-state index contributed by atoms with van der Waals surface area (Å²) in [4.78, 5) is 12.1. The Morgan fingerprint density at radius 3 is 2.64 bits per heavy atom. The Bertz CT molecular complexity index is 744. The molecule has 1 saturated carbocycles. The summed E-state index contributed by atoms with van der Waals surface area (Å²) in [5, 5.41) is 16.5. The number of benzene rings is 1. The van der Waals surface area contributed by atoms with Crippen molar-refractivity contribution in [1.29, 1.82) is 0 Å². The van der Waals surface area contributed by atoms with E-state index in [0.717, 1.165) is 28.9 Å². The van der Waals surface area contributed by atoms with Crippen LogP contribution in [0.3, 0.4) is 0 Å². The summed E-state index contributed by atoms with van der Waals surface area (Å²) < 4.78 is 0. The lowest BCUT2D eigenvalue weighted by molar-refractivity contribution is -0.131. The Balaban J connectivity index is 1.93. The minimum Gasteiger partial charge on any atom is -0.478 e. The molecule has 25 heavy (non-hydrogen) atoms. The second-order valence-electron chi connectivity index (χ2n) is 6.57. The van der Waals surface area contributed by atoms with E-state index >= 15 is 0 Å². The van der Waals surface area contributed by atoms with Crippen molar-refractivity contribution in [2.75, 3.05) is 6.26 Å². The number of carboxylic acids is 1. The summed E-state index contributed by atoms with van der Waals surface area (Å²) in [5.41, 5.74) is 4.01. The number of carbonyl (C=O) groups is 1. The molecule has 1 aliphatic carbocycles. The fourth-order valence-corrected chi connectivity index (χ4v) is 3.96. The van der Waals surface area contributed by atoms with Gasteiger partial charge in [-0.15, -0.1) is 11.8 Å². The Labute approximate surface area is 152 Å². The summed E-state index contributed by atoms with van der Waals surface area (Å²) in [7, 11) is 0. The van der Waals surface area contributed by atoms with Crippen molar-refractivity contribution in [2.24, 2.45) is 5.92 Å². The molecule has 5 heteroatoms. The SMILES string of the molecule is CSc1ccc(-c2[nH]nc(/C=C/C(=O)O)c2CC2CCCCC2)cc1. The van der Waals surface area contributed by atoms with E-state index < -0.39 is 5.97 Å². The maximum atomic E-state index is 10.9. The lowest BCUT2D eigenvalue weighted by atomic mass is 9.84. The molecule has 1 aromatic carbocycles. The van der Waals surface area contributed by atoms with Gasteiger partial charge in [-0.3, -0.25) is 5.10 Å². The first-order valence-corrected chi connectivity index (χ1v) is 10.0. The average molecular weight is 356 g/mol. The minimum atomic E-state index is -0.947. The van der Waals surface area contributed by atoms with Gasteiger partial charge >= 0.3 is 5.97 Å². The standard InChI is InChI=1S/C20H24N2O2S/c1-25-16-9-7-15(8-10-16)20-17(13-14-5-3-2-4-6-14)18(21-22-20)11-12-19(23)24/h7-12,14H,2-6,13H2,1H3,(H,21,22)(H,23,24)/b12-11+. The molecule has 1 aromatic heterocycles. The molecule has 3 rings (SSSR count). The first kappa shape index (κ1) is 17.8. The predicted molar refractivity (Wildman–Crippen MR) is 103 cm³/mol. The summed E-state index contributed by atoms with van der Waals surface area (Å²) in [6.07, 6.45) is 12.2. The number of rotatable bonds is 6. The number of hydrogen-bond donors (Lipinski definition) is 2. The summed E-state index contributed by atoms with van der Waals surface area (Å²) in [6, 6.07) is 8.43. The lowest BCUT2D eigenvalue weighted by Gasteiger charge is -2.21. The van der Waals surface area contributed by atoms with Gasteiger partial charge < -0.3 is 5.11 Å². The fourth-order valence-electron chi connectivity index (χ4n) is 3.55. The van der Waals surface area contributed by atoms with Crippen molar-refractivity contribution in [1.82, 2.24) is 10.2 Å². The zero-order chi connectivity index (χ0) is 17.6. The van der Waals surface area contributed by atoms with Crippen LogP contribution in [0.2, 0.25) is 0 Å². The molecule has 0 aliphatic heterocycles. The van der Waals surface area contributed by atoms with Crippen molar-refractivity contribution < 1.29 is 9.90 Å². The van der Waals surface area contributed by atoms with Crippen molar-refractivity contribution in [2.45, 2.75) is 43.4 Å². The third kappa shape index (κ3) is 4.54. The van der Waals surface area contributed by atoms with Crippen LogP contribution in [0.25, 0.3) is 17.3 Å². The van der Waals surface area contributed by atoms with Gasteiger partial charge in [-0.2, -0.15) is 5.10 Å². The Kier molecular flexibility index (Phi) is 5.97. The fraction of sp³-hybridized carbons (Fsp3) is 0.400. The van der Waals surface area contributed by atoms with Crippen molar-refractivity contribution >= 4 is 23.8 Å². The first-order valence-electron chi connectivity index (χ1n) is 8.80. The van der Waals surface area contributed by atoms with Crippen molar-refractivity contribution in [3.63, 3.8) is 0 Å². The van der Waals surface area contributed by atoms with Crippen LogP contribution in [-0.4, -0.2) is 27.5 Å². The number of aliphatic carboxylic acids is 1. The van der Waals surface area contributed by atoms with E-state index in [1.54, 1.807) is 17.8 Å². The van der Waals surface area contributed by atoms with Crippen LogP contribution in [0, 0.1) is 5.92 Å². The summed E-state index contributed by atoms with van der Waals surface area (Å²) in [5.74, 6) is -0.287. The number of aromatic amines is 1. The van der Waals surface area contributed by atoms with Crippen LogP contribution in [0.4, 0.5) is 0 Å². The number of thioether (sulfide) groups is 1. The van der Waals surface area contributed by atoms with Gasteiger partial charge in [0.1, 0.15) is 0 Å². The van der Waals surface area contributed by atoms with E-state index in [1.807, 2.05) is 0 Å².